The maximum atomic E-state index is 15.6. The minimum absolute atomic E-state index is 0.0526. The first-order chi connectivity index (χ1) is 19.6. The van der Waals surface area contributed by atoms with Crippen LogP contribution in [-0.2, 0) is 16.1 Å². The van der Waals surface area contributed by atoms with Gasteiger partial charge in [0, 0.05) is 17.0 Å². The topological polar surface area (TPSA) is 35.5 Å². The summed E-state index contributed by atoms with van der Waals surface area (Å²) in [7, 11) is 1.33. The summed E-state index contributed by atoms with van der Waals surface area (Å²) < 4.78 is 68.5. The SMILES string of the molecule is COC(=O)C[C@H](c1cccc(OCc2ccc(-c3cc(C(F)F)ccc3F)c(C3CCCC3(C)C)c2)c1F)C1CC1. The van der Waals surface area contributed by atoms with Crippen LogP contribution in [0, 0.1) is 23.0 Å². The number of carbonyl (C=O) groups is 1. The quantitative estimate of drug-likeness (QED) is 0.181. The van der Waals surface area contributed by atoms with Gasteiger partial charge in [0.15, 0.2) is 11.6 Å². The lowest BCUT2D eigenvalue weighted by atomic mass is 9.75. The smallest absolute Gasteiger partial charge is 0.306 e. The van der Waals surface area contributed by atoms with E-state index in [1.807, 2.05) is 6.07 Å². The van der Waals surface area contributed by atoms with Crippen molar-refractivity contribution in [2.75, 3.05) is 7.11 Å². The Bertz CT molecular complexity index is 1410. The fourth-order valence-corrected chi connectivity index (χ4v) is 6.40. The van der Waals surface area contributed by atoms with Crippen molar-refractivity contribution in [3.05, 3.63) is 88.5 Å². The summed E-state index contributed by atoms with van der Waals surface area (Å²) in [6.07, 6.45) is 2.23. The Morgan fingerprint density at radius 1 is 1.00 bits per heavy atom. The molecule has 41 heavy (non-hydrogen) atoms. The maximum Gasteiger partial charge on any atom is 0.306 e. The molecule has 3 aromatic rings. The van der Waals surface area contributed by atoms with Crippen LogP contribution in [0.15, 0.2) is 54.6 Å². The van der Waals surface area contributed by atoms with Crippen LogP contribution >= 0.6 is 0 Å². The van der Waals surface area contributed by atoms with E-state index in [-0.39, 0.29) is 59.0 Å². The van der Waals surface area contributed by atoms with E-state index in [0.717, 1.165) is 55.4 Å². The Balaban J connectivity index is 1.46. The van der Waals surface area contributed by atoms with Crippen molar-refractivity contribution in [3.63, 3.8) is 0 Å². The van der Waals surface area contributed by atoms with Crippen LogP contribution in [0.4, 0.5) is 17.6 Å². The molecule has 0 aromatic heterocycles. The second-order valence-corrected chi connectivity index (χ2v) is 12.1. The number of methoxy groups -OCH3 is 1. The Labute approximate surface area is 238 Å². The summed E-state index contributed by atoms with van der Waals surface area (Å²) in [5, 5.41) is 0. The second-order valence-electron chi connectivity index (χ2n) is 12.1. The molecule has 0 saturated heterocycles. The van der Waals surface area contributed by atoms with Crippen molar-refractivity contribution in [2.45, 2.75) is 77.2 Å². The molecule has 7 heteroatoms. The van der Waals surface area contributed by atoms with E-state index in [1.165, 1.54) is 13.2 Å². The number of ether oxygens (including phenoxy) is 2. The first-order valence-corrected chi connectivity index (χ1v) is 14.3. The molecule has 0 heterocycles. The number of benzene rings is 3. The highest BCUT2D eigenvalue weighted by Gasteiger charge is 2.38. The summed E-state index contributed by atoms with van der Waals surface area (Å²) in [5.74, 6) is -1.22. The number of hydrogen-bond acceptors (Lipinski definition) is 3. The van der Waals surface area contributed by atoms with Gasteiger partial charge in [0.1, 0.15) is 12.4 Å². The molecule has 0 amide bonds. The zero-order valence-electron chi connectivity index (χ0n) is 23.7. The van der Waals surface area contributed by atoms with Crippen LogP contribution in [-0.4, -0.2) is 13.1 Å². The largest absolute Gasteiger partial charge is 0.486 e. The third-order valence-corrected chi connectivity index (χ3v) is 8.87. The summed E-state index contributed by atoms with van der Waals surface area (Å²) in [5.41, 5.74) is 2.59. The summed E-state index contributed by atoms with van der Waals surface area (Å²) in [6, 6.07) is 14.0. The van der Waals surface area contributed by atoms with E-state index in [2.05, 4.69) is 13.8 Å². The lowest BCUT2D eigenvalue weighted by molar-refractivity contribution is -0.141. The summed E-state index contributed by atoms with van der Waals surface area (Å²) in [4.78, 5) is 12.0. The van der Waals surface area contributed by atoms with Gasteiger partial charge in [0.05, 0.1) is 13.5 Å². The number of rotatable bonds is 10. The molecule has 3 aromatic carbocycles. The van der Waals surface area contributed by atoms with Crippen molar-refractivity contribution < 1.29 is 31.8 Å². The summed E-state index contributed by atoms with van der Waals surface area (Å²) >= 11 is 0. The van der Waals surface area contributed by atoms with Gasteiger partial charge in [0.25, 0.3) is 6.43 Å². The number of halogens is 4. The van der Waals surface area contributed by atoms with Crippen molar-refractivity contribution in [1.82, 2.24) is 0 Å². The van der Waals surface area contributed by atoms with Crippen molar-refractivity contribution in [2.24, 2.45) is 11.3 Å². The number of carbonyl (C=O) groups excluding carboxylic acids is 1. The van der Waals surface area contributed by atoms with E-state index in [4.69, 9.17) is 9.47 Å². The monoisotopic (exact) mass is 568 g/mol. The van der Waals surface area contributed by atoms with Crippen molar-refractivity contribution >= 4 is 5.97 Å². The van der Waals surface area contributed by atoms with Crippen molar-refractivity contribution in [1.29, 1.82) is 0 Å². The average molecular weight is 569 g/mol. The van der Waals surface area contributed by atoms with Crippen LogP contribution in [0.1, 0.15) is 92.9 Å². The summed E-state index contributed by atoms with van der Waals surface area (Å²) in [6.45, 7) is 4.43. The molecule has 0 spiro atoms. The molecule has 2 saturated carbocycles. The maximum absolute atomic E-state index is 15.6. The minimum atomic E-state index is -2.70. The van der Waals surface area contributed by atoms with E-state index in [9.17, 15) is 13.6 Å². The Kier molecular flexibility index (Phi) is 8.44. The number of alkyl halides is 2. The van der Waals surface area contributed by atoms with Gasteiger partial charge >= 0.3 is 5.97 Å². The Morgan fingerprint density at radius 2 is 1.78 bits per heavy atom. The highest BCUT2D eigenvalue weighted by Crippen LogP contribution is 2.51. The average Bonchev–Trinajstić information content (AvgIpc) is 3.73. The van der Waals surface area contributed by atoms with E-state index >= 15 is 8.78 Å². The first kappa shape index (κ1) is 29.2. The van der Waals surface area contributed by atoms with Gasteiger partial charge in [-0.2, -0.15) is 0 Å². The van der Waals surface area contributed by atoms with Gasteiger partial charge in [-0.3, -0.25) is 4.79 Å². The zero-order valence-corrected chi connectivity index (χ0v) is 23.7. The molecule has 0 N–H and O–H groups in total. The van der Waals surface area contributed by atoms with Gasteiger partial charge in [-0.25, -0.2) is 17.6 Å². The molecule has 2 atom stereocenters. The van der Waals surface area contributed by atoms with Crippen LogP contribution < -0.4 is 4.74 Å². The van der Waals surface area contributed by atoms with Gasteiger partial charge in [-0.1, -0.05) is 56.7 Å². The van der Waals surface area contributed by atoms with E-state index in [1.54, 1.807) is 30.3 Å². The third-order valence-electron chi connectivity index (χ3n) is 8.87. The predicted octanol–water partition coefficient (Wildman–Crippen LogP) is 9.50. The molecule has 2 aliphatic carbocycles. The zero-order chi connectivity index (χ0) is 29.3. The Morgan fingerprint density at radius 3 is 2.44 bits per heavy atom. The van der Waals surface area contributed by atoms with E-state index in [0.29, 0.717) is 11.1 Å². The highest BCUT2D eigenvalue weighted by atomic mass is 19.3. The van der Waals surface area contributed by atoms with Gasteiger partial charge in [0.2, 0.25) is 0 Å². The molecule has 0 bridgehead atoms. The number of esters is 1. The normalized spacial score (nSPS) is 18.9. The standard InChI is InChI=1S/C34H36F4O3/c1-34(2)15-5-7-28(34)26-16-20(9-13-23(26)27-17-22(33(37)38)12-14-29(27)35)19-41-30-8-4-6-24(32(30)36)25(21-10-11-21)18-31(39)40-3/h4,6,8-9,12-14,16-17,21,25,28,33H,5,7,10-11,15,18-19H2,1-3H3/t25-,28?/m0/s1. The van der Waals surface area contributed by atoms with Crippen LogP contribution in [0.3, 0.4) is 0 Å². The van der Waals surface area contributed by atoms with E-state index < -0.39 is 18.1 Å². The third kappa shape index (κ3) is 6.29. The number of hydrogen-bond donors (Lipinski definition) is 0. The molecule has 218 valence electrons. The highest BCUT2D eigenvalue weighted by molar-refractivity contribution is 5.71. The molecule has 2 aliphatic rings. The fraction of sp³-hybridized carbons (Fsp3) is 0.441. The van der Waals surface area contributed by atoms with Crippen molar-refractivity contribution in [3.8, 4) is 16.9 Å². The first-order valence-electron chi connectivity index (χ1n) is 14.3. The van der Waals surface area contributed by atoms with Crippen LogP contribution in [0.2, 0.25) is 0 Å². The minimum Gasteiger partial charge on any atom is -0.486 e. The molecule has 2 fully saturated rings. The van der Waals surface area contributed by atoms with Gasteiger partial charge < -0.3 is 9.47 Å². The molecule has 0 radical (unpaired) electrons. The Hall–Kier alpha value is -3.35. The molecule has 3 nitrogen and oxygen atoms in total. The lowest BCUT2D eigenvalue weighted by Gasteiger charge is -2.30. The fourth-order valence-electron chi connectivity index (χ4n) is 6.40. The predicted molar refractivity (Wildman–Crippen MR) is 150 cm³/mol. The molecule has 5 rings (SSSR count). The lowest BCUT2D eigenvalue weighted by Crippen LogP contribution is -2.17. The van der Waals surface area contributed by atoms with Crippen LogP contribution in [0.25, 0.3) is 11.1 Å². The molecule has 0 aliphatic heterocycles. The molecular formula is C34H36F4O3. The van der Waals surface area contributed by atoms with Gasteiger partial charge in [-0.15, -0.1) is 0 Å². The second kappa shape index (κ2) is 11.9. The van der Waals surface area contributed by atoms with Crippen LogP contribution in [0.5, 0.6) is 5.75 Å². The van der Waals surface area contributed by atoms with Gasteiger partial charge in [-0.05, 0) is 83.4 Å². The molecular weight excluding hydrogens is 532 g/mol. The molecule has 1 unspecified atom stereocenters.